The zero-order valence-corrected chi connectivity index (χ0v) is 18.8. The number of aryl methyl sites for hydroxylation is 2. The van der Waals surface area contributed by atoms with Gasteiger partial charge in [0.25, 0.3) is 0 Å². The van der Waals surface area contributed by atoms with Crippen molar-refractivity contribution in [1.29, 1.82) is 0 Å². The quantitative estimate of drug-likeness (QED) is 0.392. The number of nitrogens with one attached hydrogen (secondary N) is 1. The number of carbonyl (C=O) groups is 1. The zero-order chi connectivity index (χ0) is 21.7. The number of nitrogens with zero attached hydrogens (tertiary/aromatic N) is 2. The van der Waals surface area contributed by atoms with Gasteiger partial charge in [0.15, 0.2) is 0 Å². The first kappa shape index (κ1) is 21.8. The molecule has 0 unspecified atom stereocenters. The van der Waals surface area contributed by atoms with E-state index in [0.29, 0.717) is 11.4 Å². The molecule has 156 valence electrons. The van der Waals surface area contributed by atoms with E-state index in [2.05, 4.69) is 29.1 Å². The highest BCUT2D eigenvalue weighted by atomic mass is 32.2. The number of hydrogen-bond donors (Lipinski definition) is 1. The Morgan fingerprint density at radius 2 is 1.77 bits per heavy atom. The average molecular weight is 422 g/mol. The summed E-state index contributed by atoms with van der Waals surface area (Å²) in [6, 6.07) is 17.4. The molecule has 1 atom stereocenters. The van der Waals surface area contributed by atoms with Crippen LogP contribution in [0.1, 0.15) is 47.7 Å². The SMILES string of the molecule is COc1ccc(C)cc1NC(=O)[C@H](Sc1cc(C)nc(C(C)C)n1)c1ccccc1. The van der Waals surface area contributed by atoms with Crippen LogP contribution in [0.3, 0.4) is 0 Å². The lowest BCUT2D eigenvalue weighted by molar-refractivity contribution is -0.115. The van der Waals surface area contributed by atoms with Crippen LogP contribution in [0.25, 0.3) is 0 Å². The van der Waals surface area contributed by atoms with Gasteiger partial charge < -0.3 is 10.1 Å². The Balaban J connectivity index is 1.94. The smallest absolute Gasteiger partial charge is 0.242 e. The van der Waals surface area contributed by atoms with E-state index in [1.54, 1.807) is 7.11 Å². The number of benzene rings is 2. The van der Waals surface area contributed by atoms with Gasteiger partial charge in [-0.3, -0.25) is 4.79 Å². The van der Waals surface area contributed by atoms with Crippen molar-refractivity contribution in [3.8, 4) is 5.75 Å². The molecule has 5 nitrogen and oxygen atoms in total. The maximum absolute atomic E-state index is 13.4. The molecular weight excluding hydrogens is 394 g/mol. The molecule has 30 heavy (non-hydrogen) atoms. The second-order valence-electron chi connectivity index (χ2n) is 7.46. The summed E-state index contributed by atoms with van der Waals surface area (Å²) in [6.45, 7) is 8.06. The topological polar surface area (TPSA) is 64.1 Å². The van der Waals surface area contributed by atoms with Gasteiger partial charge >= 0.3 is 0 Å². The number of ether oxygens (including phenoxy) is 1. The monoisotopic (exact) mass is 421 g/mol. The summed E-state index contributed by atoms with van der Waals surface area (Å²) < 4.78 is 5.42. The molecule has 0 aliphatic heterocycles. The Kier molecular flexibility index (Phi) is 7.11. The van der Waals surface area contributed by atoms with Crippen molar-refractivity contribution in [1.82, 2.24) is 9.97 Å². The van der Waals surface area contributed by atoms with Crippen LogP contribution < -0.4 is 10.1 Å². The van der Waals surface area contributed by atoms with E-state index >= 15 is 0 Å². The molecule has 0 bridgehead atoms. The molecule has 3 aromatic rings. The van der Waals surface area contributed by atoms with Crippen molar-refractivity contribution < 1.29 is 9.53 Å². The molecule has 0 fully saturated rings. The van der Waals surface area contributed by atoms with Crippen LogP contribution in [0.15, 0.2) is 59.6 Å². The first-order valence-corrected chi connectivity index (χ1v) is 10.8. The molecule has 1 aromatic heterocycles. The van der Waals surface area contributed by atoms with E-state index in [1.807, 2.05) is 68.4 Å². The number of amides is 1. The molecule has 0 aliphatic carbocycles. The predicted octanol–water partition coefficient (Wildman–Crippen LogP) is 5.70. The minimum absolute atomic E-state index is 0.127. The molecule has 1 N–H and O–H groups in total. The Bertz CT molecular complexity index is 1020. The van der Waals surface area contributed by atoms with Gasteiger partial charge in [-0.05, 0) is 43.2 Å². The van der Waals surface area contributed by atoms with Crippen LogP contribution in [0.2, 0.25) is 0 Å². The van der Waals surface area contributed by atoms with E-state index in [9.17, 15) is 4.79 Å². The number of methoxy groups -OCH3 is 1. The Morgan fingerprint density at radius 1 is 1.03 bits per heavy atom. The van der Waals surface area contributed by atoms with Crippen LogP contribution in [0.4, 0.5) is 5.69 Å². The second-order valence-corrected chi connectivity index (χ2v) is 8.59. The van der Waals surface area contributed by atoms with Crippen molar-refractivity contribution in [3.63, 3.8) is 0 Å². The van der Waals surface area contributed by atoms with Crippen LogP contribution in [0, 0.1) is 13.8 Å². The second kappa shape index (κ2) is 9.76. The largest absolute Gasteiger partial charge is 0.495 e. The molecule has 0 aliphatic rings. The van der Waals surface area contributed by atoms with Gasteiger partial charge in [0.05, 0.1) is 12.8 Å². The fourth-order valence-electron chi connectivity index (χ4n) is 3.02. The summed E-state index contributed by atoms with van der Waals surface area (Å²) in [6.07, 6.45) is 0. The first-order valence-electron chi connectivity index (χ1n) is 9.90. The van der Waals surface area contributed by atoms with Crippen LogP contribution in [-0.2, 0) is 4.79 Å². The van der Waals surface area contributed by atoms with Crippen molar-refractivity contribution >= 4 is 23.4 Å². The summed E-state index contributed by atoms with van der Waals surface area (Å²) in [5.41, 5.74) is 3.51. The van der Waals surface area contributed by atoms with Crippen molar-refractivity contribution in [2.75, 3.05) is 12.4 Å². The lowest BCUT2D eigenvalue weighted by Crippen LogP contribution is -2.20. The zero-order valence-electron chi connectivity index (χ0n) is 18.0. The lowest BCUT2D eigenvalue weighted by Gasteiger charge is -2.19. The molecule has 3 rings (SSSR count). The van der Waals surface area contributed by atoms with E-state index in [-0.39, 0.29) is 11.8 Å². The molecule has 2 aromatic carbocycles. The average Bonchev–Trinajstić information content (AvgIpc) is 2.72. The Hall–Kier alpha value is -2.86. The fraction of sp³-hybridized carbons (Fsp3) is 0.292. The van der Waals surface area contributed by atoms with Gasteiger partial charge in [-0.25, -0.2) is 9.97 Å². The van der Waals surface area contributed by atoms with Gasteiger partial charge in [-0.2, -0.15) is 0 Å². The Morgan fingerprint density at radius 3 is 2.43 bits per heavy atom. The summed E-state index contributed by atoms with van der Waals surface area (Å²) in [4.78, 5) is 22.6. The number of aromatic nitrogens is 2. The molecule has 6 heteroatoms. The van der Waals surface area contributed by atoms with E-state index < -0.39 is 5.25 Å². The molecule has 1 heterocycles. The first-order chi connectivity index (χ1) is 14.4. The highest BCUT2D eigenvalue weighted by molar-refractivity contribution is 8.00. The molecule has 0 radical (unpaired) electrons. The van der Waals surface area contributed by atoms with Gasteiger partial charge in [-0.1, -0.05) is 62.0 Å². The third-order valence-corrected chi connectivity index (χ3v) is 5.73. The van der Waals surface area contributed by atoms with Crippen molar-refractivity contribution in [3.05, 3.63) is 77.2 Å². The number of thioether (sulfide) groups is 1. The van der Waals surface area contributed by atoms with E-state index in [1.165, 1.54) is 11.8 Å². The van der Waals surface area contributed by atoms with Gasteiger partial charge in [0, 0.05) is 11.6 Å². The highest BCUT2D eigenvalue weighted by Crippen LogP contribution is 2.37. The predicted molar refractivity (Wildman–Crippen MR) is 122 cm³/mol. The summed E-state index contributed by atoms with van der Waals surface area (Å²) in [7, 11) is 1.60. The standard InChI is InChI=1S/C24H27N3O2S/c1-15(2)23-25-17(4)14-21(27-23)30-22(18-9-7-6-8-10-18)24(28)26-19-13-16(3)11-12-20(19)29-5/h6-15,22H,1-5H3,(H,26,28)/t22-/m1/s1. The molecule has 0 saturated heterocycles. The highest BCUT2D eigenvalue weighted by Gasteiger charge is 2.24. The number of rotatable bonds is 7. The number of carbonyl (C=O) groups excluding carboxylic acids is 1. The number of anilines is 1. The summed E-state index contributed by atoms with van der Waals surface area (Å²) >= 11 is 1.43. The van der Waals surface area contributed by atoms with Gasteiger partial charge in [0.2, 0.25) is 5.91 Å². The molecular formula is C24H27N3O2S. The Labute approximate surface area is 182 Å². The van der Waals surface area contributed by atoms with Crippen molar-refractivity contribution in [2.45, 2.75) is 43.9 Å². The third kappa shape index (κ3) is 5.39. The summed E-state index contributed by atoms with van der Waals surface area (Å²) in [5, 5.41) is 3.36. The van der Waals surface area contributed by atoms with Crippen LogP contribution in [0.5, 0.6) is 5.75 Å². The van der Waals surface area contributed by atoms with Crippen molar-refractivity contribution in [2.24, 2.45) is 0 Å². The fourth-order valence-corrected chi connectivity index (χ4v) is 4.11. The maximum atomic E-state index is 13.4. The lowest BCUT2D eigenvalue weighted by atomic mass is 10.1. The summed E-state index contributed by atoms with van der Waals surface area (Å²) in [5.74, 6) is 1.50. The maximum Gasteiger partial charge on any atom is 0.242 e. The van der Waals surface area contributed by atoms with Gasteiger partial charge in [0.1, 0.15) is 21.8 Å². The normalized spacial score (nSPS) is 11.9. The molecule has 0 spiro atoms. The minimum atomic E-state index is -0.467. The van der Waals surface area contributed by atoms with Crippen LogP contribution >= 0.6 is 11.8 Å². The molecule has 1 amide bonds. The van der Waals surface area contributed by atoms with E-state index in [0.717, 1.165) is 27.7 Å². The van der Waals surface area contributed by atoms with E-state index in [4.69, 9.17) is 4.74 Å². The third-order valence-electron chi connectivity index (χ3n) is 4.56. The van der Waals surface area contributed by atoms with Gasteiger partial charge in [-0.15, -0.1) is 0 Å². The number of hydrogen-bond acceptors (Lipinski definition) is 5. The van der Waals surface area contributed by atoms with Crippen LogP contribution in [-0.4, -0.2) is 23.0 Å². The minimum Gasteiger partial charge on any atom is -0.495 e. The molecule has 0 saturated carbocycles.